The second kappa shape index (κ2) is 4.78. The van der Waals surface area contributed by atoms with Gasteiger partial charge in [0.15, 0.2) is 0 Å². The molecule has 0 aromatic heterocycles. The van der Waals surface area contributed by atoms with Crippen molar-refractivity contribution in [1.82, 2.24) is 0 Å². The number of hydrogen-bond acceptors (Lipinski definition) is 3. The van der Waals surface area contributed by atoms with E-state index in [-0.39, 0.29) is 11.5 Å². The number of benzene rings is 1. The second-order valence-corrected chi connectivity index (χ2v) is 6.73. The van der Waals surface area contributed by atoms with Crippen molar-refractivity contribution in [2.75, 3.05) is 11.5 Å². The number of rotatable bonds is 4. The Kier molecular flexibility index (Phi) is 3.29. The summed E-state index contributed by atoms with van der Waals surface area (Å²) < 4.78 is 6.06. The monoisotopic (exact) mass is 263 g/mol. The van der Waals surface area contributed by atoms with E-state index in [9.17, 15) is 0 Å². The smallest absolute Gasteiger partial charge is 0.120 e. The molecule has 0 amide bonds. The number of ether oxygens (including phenoxy) is 1. The predicted molar refractivity (Wildman–Crippen MR) is 77.4 cm³/mol. The van der Waals surface area contributed by atoms with Gasteiger partial charge in [-0.2, -0.15) is 11.8 Å². The van der Waals surface area contributed by atoms with Gasteiger partial charge in [0.1, 0.15) is 11.9 Å². The van der Waals surface area contributed by atoms with Crippen LogP contribution in [0, 0.1) is 0 Å². The van der Waals surface area contributed by atoms with E-state index in [4.69, 9.17) is 10.5 Å². The van der Waals surface area contributed by atoms with E-state index in [0.717, 1.165) is 11.5 Å². The van der Waals surface area contributed by atoms with Crippen molar-refractivity contribution in [2.45, 2.75) is 43.7 Å². The largest absolute Gasteiger partial charge is 0.490 e. The maximum Gasteiger partial charge on any atom is 0.120 e. The Hall–Kier alpha value is -0.670. The van der Waals surface area contributed by atoms with E-state index in [1.807, 2.05) is 11.8 Å². The van der Waals surface area contributed by atoms with Crippen molar-refractivity contribution < 1.29 is 4.74 Å². The highest BCUT2D eigenvalue weighted by Crippen LogP contribution is 2.50. The first-order chi connectivity index (χ1) is 8.71. The Balaban J connectivity index is 1.77. The van der Waals surface area contributed by atoms with Crippen LogP contribution in [0.3, 0.4) is 0 Å². The lowest BCUT2D eigenvalue weighted by atomic mass is 9.89. The summed E-state index contributed by atoms with van der Waals surface area (Å²) in [5, 5.41) is 0. The van der Waals surface area contributed by atoms with Gasteiger partial charge in [0, 0.05) is 17.2 Å². The van der Waals surface area contributed by atoms with Crippen LogP contribution in [0.1, 0.15) is 31.7 Å². The normalized spacial score (nSPS) is 26.9. The molecule has 2 fully saturated rings. The third-order valence-electron chi connectivity index (χ3n) is 4.26. The molecule has 0 radical (unpaired) electrons. The Bertz CT molecular complexity index is 422. The highest BCUT2D eigenvalue weighted by atomic mass is 32.2. The van der Waals surface area contributed by atoms with Crippen LogP contribution in [0.2, 0.25) is 0 Å². The molecule has 2 aliphatic rings. The third-order valence-corrected chi connectivity index (χ3v) is 5.39. The lowest BCUT2D eigenvalue weighted by Crippen LogP contribution is -2.31. The van der Waals surface area contributed by atoms with Crippen molar-refractivity contribution in [3.05, 3.63) is 29.8 Å². The van der Waals surface area contributed by atoms with E-state index in [1.54, 1.807) is 0 Å². The van der Waals surface area contributed by atoms with Gasteiger partial charge in [0.25, 0.3) is 0 Å². The Morgan fingerprint density at radius 3 is 2.89 bits per heavy atom. The fourth-order valence-electron chi connectivity index (χ4n) is 2.82. The van der Waals surface area contributed by atoms with Gasteiger partial charge >= 0.3 is 0 Å². The van der Waals surface area contributed by atoms with Crippen LogP contribution in [0.5, 0.6) is 5.75 Å². The van der Waals surface area contributed by atoms with Crippen molar-refractivity contribution in [3.8, 4) is 5.75 Å². The molecule has 1 heterocycles. The van der Waals surface area contributed by atoms with E-state index >= 15 is 0 Å². The molecule has 1 aliphatic heterocycles. The Morgan fingerprint density at radius 2 is 2.28 bits per heavy atom. The minimum Gasteiger partial charge on any atom is -0.490 e. The standard InChI is InChI=1S/C15H21NOS/c1-11(16)15(6-7-15)12-3-2-4-13(9-12)17-14-5-8-18-10-14/h2-4,9,11,14H,5-8,10,16H2,1H3. The first-order valence-electron chi connectivity index (χ1n) is 6.81. The number of thioether (sulfide) groups is 1. The molecule has 0 spiro atoms. The summed E-state index contributed by atoms with van der Waals surface area (Å²) in [6.45, 7) is 2.12. The van der Waals surface area contributed by atoms with E-state index < -0.39 is 0 Å². The van der Waals surface area contributed by atoms with Gasteiger partial charge in [-0.1, -0.05) is 12.1 Å². The highest BCUT2D eigenvalue weighted by Gasteiger charge is 2.47. The lowest BCUT2D eigenvalue weighted by molar-refractivity contribution is 0.229. The second-order valence-electron chi connectivity index (χ2n) is 5.58. The average molecular weight is 263 g/mol. The summed E-state index contributed by atoms with van der Waals surface area (Å²) in [6, 6.07) is 8.82. The van der Waals surface area contributed by atoms with Crippen LogP contribution in [0.4, 0.5) is 0 Å². The fraction of sp³-hybridized carbons (Fsp3) is 0.600. The molecule has 1 aromatic rings. The van der Waals surface area contributed by atoms with Crippen molar-refractivity contribution in [2.24, 2.45) is 5.73 Å². The maximum atomic E-state index is 6.13. The van der Waals surface area contributed by atoms with Gasteiger partial charge in [-0.15, -0.1) is 0 Å². The first-order valence-corrected chi connectivity index (χ1v) is 7.97. The molecular formula is C15H21NOS. The fourth-order valence-corrected chi connectivity index (χ4v) is 3.91. The molecule has 1 saturated heterocycles. The molecule has 1 aliphatic carbocycles. The maximum absolute atomic E-state index is 6.13. The summed E-state index contributed by atoms with van der Waals surface area (Å²) in [5.74, 6) is 3.38. The Labute approximate surface area is 113 Å². The van der Waals surface area contributed by atoms with Gasteiger partial charge in [0.2, 0.25) is 0 Å². The molecular weight excluding hydrogens is 242 g/mol. The molecule has 18 heavy (non-hydrogen) atoms. The first kappa shape index (κ1) is 12.4. The zero-order valence-electron chi connectivity index (χ0n) is 10.9. The van der Waals surface area contributed by atoms with E-state index in [0.29, 0.717) is 6.10 Å². The molecule has 3 heteroatoms. The van der Waals surface area contributed by atoms with Crippen LogP contribution in [0.15, 0.2) is 24.3 Å². The van der Waals surface area contributed by atoms with E-state index in [1.165, 1.54) is 30.6 Å². The molecule has 1 aromatic carbocycles. The third kappa shape index (κ3) is 2.26. The highest BCUT2D eigenvalue weighted by molar-refractivity contribution is 7.99. The quantitative estimate of drug-likeness (QED) is 0.907. The predicted octanol–water partition coefficient (Wildman–Crippen LogP) is 2.95. The van der Waals surface area contributed by atoms with Crippen LogP contribution in [-0.4, -0.2) is 23.7 Å². The number of nitrogens with two attached hydrogens (primary N) is 1. The zero-order valence-corrected chi connectivity index (χ0v) is 11.7. The zero-order chi connectivity index (χ0) is 12.6. The summed E-state index contributed by atoms with van der Waals surface area (Å²) >= 11 is 1.98. The van der Waals surface area contributed by atoms with Crippen molar-refractivity contribution in [1.29, 1.82) is 0 Å². The van der Waals surface area contributed by atoms with Crippen molar-refractivity contribution in [3.63, 3.8) is 0 Å². The van der Waals surface area contributed by atoms with E-state index in [2.05, 4.69) is 31.2 Å². The van der Waals surface area contributed by atoms with Gasteiger partial charge in [0.05, 0.1) is 0 Å². The van der Waals surface area contributed by atoms with Gasteiger partial charge in [-0.05, 0) is 49.6 Å². The summed E-state index contributed by atoms with van der Waals surface area (Å²) in [5.41, 5.74) is 7.72. The minimum atomic E-state index is 0.226. The molecule has 0 bridgehead atoms. The van der Waals surface area contributed by atoms with Gasteiger partial charge in [-0.25, -0.2) is 0 Å². The molecule has 2 atom stereocenters. The summed E-state index contributed by atoms with van der Waals surface area (Å²) in [4.78, 5) is 0. The molecule has 3 rings (SSSR count). The molecule has 1 saturated carbocycles. The van der Waals surface area contributed by atoms with Crippen LogP contribution in [-0.2, 0) is 5.41 Å². The minimum absolute atomic E-state index is 0.226. The lowest BCUT2D eigenvalue weighted by Gasteiger charge is -2.21. The molecule has 2 unspecified atom stereocenters. The average Bonchev–Trinajstić information content (AvgIpc) is 3.04. The molecule has 98 valence electrons. The summed E-state index contributed by atoms with van der Waals surface area (Å²) in [7, 11) is 0. The van der Waals surface area contributed by atoms with Crippen LogP contribution >= 0.6 is 11.8 Å². The molecule has 2 N–H and O–H groups in total. The number of hydrogen-bond donors (Lipinski definition) is 1. The Morgan fingerprint density at radius 1 is 1.44 bits per heavy atom. The SMILES string of the molecule is CC(N)C1(c2cccc(OC3CCSC3)c2)CC1. The topological polar surface area (TPSA) is 35.2 Å². The van der Waals surface area contributed by atoms with Gasteiger partial charge in [-0.3, -0.25) is 0 Å². The van der Waals surface area contributed by atoms with Crippen molar-refractivity contribution >= 4 is 11.8 Å². The van der Waals surface area contributed by atoms with Crippen LogP contribution in [0.25, 0.3) is 0 Å². The summed E-state index contributed by atoms with van der Waals surface area (Å²) in [6.07, 6.45) is 4.00. The molecule has 2 nitrogen and oxygen atoms in total. The van der Waals surface area contributed by atoms with Gasteiger partial charge < -0.3 is 10.5 Å². The van der Waals surface area contributed by atoms with Crippen LogP contribution < -0.4 is 10.5 Å².